The zero-order valence-corrected chi connectivity index (χ0v) is 21.6. The highest BCUT2D eigenvalue weighted by Gasteiger charge is 2.34. The molecule has 3 heterocycles. The van der Waals surface area contributed by atoms with E-state index in [1.54, 1.807) is 4.31 Å². The maximum atomic E-state index is 12.8. The van der Waals surface area contributed by atoms with Gasteiger partial charge in [0.1, 0.15) is 11.9 Å². The van der Waals surface area contributed by atoms with Gasteiger partial charge >= 0.3 is 0 Å². The van der Waals surface area contributed by atoms with Crippen molar-refractivity contribution in [3.05, 3.63) is 35.4 Å². The summed E-state index contributed by atoms with van der Waals surface area (Å²) in [7, 11) is -5.27. The van der Waals surface area contributed by atoms with Crippen LogP contribution in [0.1, 0.15) is 57.1 Å². The van der Waals surface area contributed by atoms with Gasteiger partial charge in [0.15, 0.2) is 0 Å². The number of nitrogens with zero attached hydrogens (tertiary/aromatic N) is 2. The average molecular weight is 495 g/mol. The summed E-state index contributed by atoms with van der Waals surface area (Å²) in [5.74, 6) is 6.34. The summed E-state index contributed by atoms with van der Waals surface area (Å²) in [5.41, 5.74) is 3.64. The molecule has 0 N–H and O–H groups in total. The highest BCUT2D eigenvalue weighted by molar-refractivity contribution is 7.98. The Morgan fingerprint density at radius 2 is 1.76 bits per heavy atom. The Labute approximate surface area is 200 Å². The van der Waals surface area contributed by atoms with E-state index in [1.807, 2.05) is 6.92 Å². The van der Waals surface area contributed by atoms with Crippen molar-refractivity contribution in [3.8, 4) is 5.75 Å². The van der Waals surface area contributed by atoms with Gasteiger partial charge in [-0.05, 0) is 72.7 Å². The molecule has 6 nitrogen and oxygen atoms in total. The van der Waals surface area contributed by atoms with Gasteiger partial charge < -0.3 is 4.74 Å². The normalized spacial score (nSPS) is 24.7. The molecule has 1 aromatic carbocycles. The van der Waals surface area contributed by atoms with Crippen molar-refractivity contribution < 1.29 is 17.4 Å². The van der Waals surface area contributed by atoms with Gasteiger partial charge in [0.2, 0.25) is 10.0 Å². The minimum Gasteiger partial charge on any atom is -0.490 e. The predicted molar refractivity (Wildman–Crippen MR) is 138 cm³/mol. The topological polar surface area (TPSA) is 66.9 Å². The van der Waals surface area contributed by atoms with Crippen LogP contribution in [0.25, 0.3) is 5.57 Å². The van der Waals surface area contributed by atoms with E-state index in [4.69, 9.17) is 4.74 Å². The number of hydrogen-bond donors (Lipinski definition) is 0. The minimum absolute atomic E-state index is 0.180. The Hall–Kier alpha value is -1.35. The summed E-state index contributed by atoms with van der Waals surface area (Å²) in [5, 5.41) is 0. The van der Waals surface area contributed by atoms with Gasteiger partial charge in [-0.25, -0.2) is 12.7 Å². The van der Waals surface area contributed by atoms with E-state index in [-0.39, 0.29) is 11.9 Å². The van der Waals surface area contributed by atoms with Crippen LogP contribution in [0.4, 0.5) is 0 Å². The molecule has 0 radical (unpaired) electrons. The molecule has 0 bridgehead atoms. The van der Waals surface area contributed by atoms with E-state index in [9.17, 15) is 12.6 Å². The molecule has 2 unspecified atom stereocenters. The van der Waals surface area contributed by atoms with Crippen molar-refractivity contribution in [2.75, 3.05) is 37.7 Å². The maximum Gasteiger partial charge on any atom is 0.214 e. The lowest BCUT2D eigenvalue weighted by Crippen LogP contribution is -2.42. The fraction of sp³-hybridized carbons (Fsp3) is 0.640. The zero-order chi connectivity index (χ0) is 23.6. The second-order valence-corrected chi connectivity index (χ2v) is 14.1. The largest absolute Gasteiger partial charge is 0.490 e. The highest BCUT2D eigenvalue weighted by atomic mass is 32.2. The first-order valence-corrected chi connectivity index (χ1v) is 15.8. The van der Waals surface area contributed by atoms with Crippen molar-refractivity contribution in [2.24, 2.45) is 5.92 Å². The first-order chi connectivity index (χ1) is 15.7. The Bertz CT molecular complexity index is 1090. The van der Waals surface area contributed by atoms with Crippen molar-refractivity contribution in [2.45, 2.75) is 58.5 Å². The van der Waals surface area contributed by atoms with Crippen molar-refractivity contribution >= 4 is 31.2 Å². The van der Waals surface area contributed by atoms with E-state index in [2.05, 4.69) is 41.4 Å². The molecule has 184 valence electrons. The molecule has 0 spiro atoms. The molecular weight excluding hydrogens is 456 g/mol. The first kappa shape index (κ1) is 24.8. The number of piperidine rings is 1. The van der Waals surface area contributed by atoms with Crippen LogP contribution in [0.2, 0.25) is 0 Å². The Morgan fingerprint density at radius 3 is 2.39 bits per heavy atom. The maximum absolute atomic E-state index is 12.8. The van der Waals surface area contributed by atoms with Gasteiger partial charge in [-0.2, -0.15) is 4.31 Å². The zero-order valence-electron chi connectivity index (χ0n) is 20.0. The molecule has 1 fully saturated rings. The number of ether oxygens (including phenoxy) is 1. The fourth-order valence-electron chi connectivity index (χ4n) is 5.32. The number of fused-ring (bicyclic) bond motifs is 1. The molecule has 1 saturated heterocycles. The quantitative estimate of drug-likeness (QED) is 0.518. The number of rotatable bonds is 8. The van der Waals surface area contributed by atoms with Crippen LogP contribution in [0.5, 0.6) is 5.75 Å². The second kappa shape index (κ2) is 10.1. The van der Waals surface area contributed by atoms with E-state index in [1.165, 1.54) is 16.7 Å². The molecule has 33 heavy (non-hydrogen) atoms. The van der Waals surface area contributed by atoms with E-state index in [0.717, 1.165) is 50.9 Å². The lowest BCUT2D eigenvalue weighted by atomic mass is 9.89. The van der Waals surface area contributed by atoms with Crippen LogP contribution in [0.3, 0.4) is 0 Å². The molecular formula is C25H38N2O4S2. The van der Waals surface area contributed by atoms with Gasteiger partial charge in [0.05, 0.1) is 5.75 Å². The van der Waals surface area contributed by atoms with Gasteiger partial charge in [-0.15, -0.1) is 0 Å². The summed E-state index contributed by atoms with van der Waals surface area (Å²) < 4.78 is 47.5. The molecule has 0 saturated carbocycles. The third-order valence-electron chi connectivity index (χ3n) is 7.18. The smallest absolute Gasteiger partial charge is 0.214 e. The molecule has 8 heteroatoms. The average Bonchev–Trinajstić information content (AvgIpc) is 3.23. The SMILES string of the molecule is C=S(=O)(CCC)N1CCC(C2Cc3cc(C4=CCN(S(=O)(=O)CCC)CC4)ccc3O2)CC1. The number of benzene rings is 1. The summed E-state index contributed by atoms with van der Waals surface area (Å²) in [6, 6.07) is 6.41. The van der Waals surface area contributed by atoms with Crippen LogP contribution < -0.4 is 4.74 Å². The lowest BCUT2D eigenvalue weighted by Gasteiger charge is -2.35. The van der Waals surface area contributed by atoms with Gasteiger partial charge in [-0.1, -0.05) is 26.0 Å². The molecule has 3 aliphatic rings. The molecule has 0 aliphatic carbocycles. The molecule has 4 rings (SSSR count). The van der Waals surface area contributed by atoms with Gasteiger partial charge in [0.25, 0.3) is 0 Å². The van der Waals surface area contributed by atoms with Crippen LogP contribution in [-0.4, -0.2) is 70.9 Å². The van der Waals surface area contributed by atoms with E-state index < -0.39 is 19.7 Å². The summed E-state index contributed by atoms with van der Waals surface area (Å²) >= 11 is 0. The highest BCUT2D eigenvalue weighted by Crippen LogP contribution is 2.38. The lowest BCUT2D eigenvalue weighted by molar-refractivity contribution is 0.117. The first-order valence-electron chi connectivity index (χ1n) is 12.3. The Morgan fingerprint density at radius 1 is 1.03 bits per heavy atom. The third kappa shape index (κ3) is 5.50. The number of sulfonamides is 1. The predicted octanol–water partition coefficient (Wildman–Crippen LogP) is 3.57. The Kier molecular flexibility index (Phi) is 7.58. The molecule has 1 aromatic rings. The fourth-order valence-corrected chi connectivity index (χ4v) is 8.54. The molecule has 0 aromatic heterocycles. The summed E-state index contributed by atoms with van der Waals surface area (Å²) in [6.07, 6.45) is 7.43. The van der Waals surface area contributed by atoms with Gasteiger partial charge in [0, 0.05) is 48.1 Å². The monoisotopic (exact) mass is 494 g/mol. The van der Waals surface area contributed by atoms with Crippen LogP contribution in [-0.2, 0) is 26.2 Å². The van der Waals surface area contributed by atoms with Crippen LogP contribution >= 0.6 is 0 Å². The summed E-state index contributed by atoms with van der Waals surface area (Å²) in [6.45, 7) is 6.63. The van der Waals surface area contributed by atoms with E-state index in [0.29, 0.717) is 31.2 Å². The van der Waals surface area contributed by atoms with E-state index >= 15 is 0 Å². The second-order valence-electron chi connectivity index (χ2n) is 9.58. The molecule has 3 aliphatic heterocycles. The van der Waals surface area contributed by atoms with Crippen molar-refractivity contribution in [1.82, 2.24) is 8.61 Å². The molecule has 2 atom stereocenters. The summed E-state index contributed by atoms with van der Waals surface area (Å²) in [4.78, 5) is 0. The standard InChI is InChI=1S/C25H38N2O4S2/c1-4-16-32(3,28)26-12-10-21(11-13-26)25-19-23-18-22(6-7-24(23)31-25)20-8-14-27(15-9-20)33(29,30)17-5-2/h6-8,18,21,25H,3-5,9-17,19H2,1-2H3. The minimum atomic E-state index is -3.14. The molecule has 0 amide bonds. The van der Waals surface area contributed by atoms with Crippen LogP contribution in [0.15, 0.2) is 24.3 Å². The van der Waals surface area contributed by atoms with Crippen LogP contribution in [0, 0.1) is 5.92 Å². The van der Waals surface area contributed by atoms with Crippen molar-refractivity contribution in [3.63, 3.8) is 0 Å². The van der Waals surface area contributed by atoms with Crippen molar-refractivity contribution in [1.29, 1.82) is 0 Å². The Balaban J connectivity index is 1.37. The number of hydrogen-bond acceptors (Lipinski definition) is 4. The third-order valence-corrected chi connectivity index (χ3v) is 11.6. The van der Waals surface area contributed by atoms with Gasteiger partial charge in [-0.3, -0.25) is 4.21 Å².